The molecule has 0 aliphatic carbocycles. The second kappa shape index (κ2) is 6.33. The van der Waals surface area contributed by atoms with Crippen LogP contribution in [0, 0.1) is 5.92 Å². The van der Waals surface area contributed by atoms with E-state index in [1.54, 1.807) is 29.1 Å². The van der Waals surface area contributed by atoms with Crippen molar-refractivity contribution in [2.75, 3.05) is 13.2 Å². The third-order valence-corrected chi connectivity index (χ3v) is 4.67. The first kappa shape index (κ1) is 15.8. The molecule has 1 saturated heterocycles. The zero-order chi connectivity index (χ0) is 17.4. The SMILES string of the molecule is Cn1cc([C@H]2OCC[C@@H]2C(=O)NC2COc3ccccc3C2=O)cn1. The Bertz CT molecular complexity index is 816. The molecule has 2 aliphatic heterocycles. The van der Waals surface area contributed by atoms with Gasteiger partial charge in [-0.3, -0.25) is 14.3 Å². The molecule has 3 atom stereocenters. The first-order valence-electron chi connectivity index (χ1n) is 8.30. The van der Waals surface area contributed by atoms with E-state index in [1.807, 2.05) is 19.3 Å². The van der Waals surface area contributed by atoms with E-state index in [-0.39, 0.29) is 30.3 Å². The number of carbonyl (C=O) groups excluding carboxylic acids is 2. The van der Waals surface area contributed by atoms with E-state index in [2.05, 4.69) is 10.4 Å². The number of aromatic nitrogens is 2. The number of para-hydroxylation sites is 1. The first-order chi connectivity index (χ1) is 12.1. The Labute approximate surface area is 144 Å². The van der Waals surface area contributed by atoms with Gasteiger partial charge in [-0.1, -0.05) is 12.1 Å². The predicted octanol–water partition coefficient (Wildman–Crippen LogP) is 1.26. The molecule has 1 aromatic heterocycles. The lowest BCUT2D eigenvalue weighted by molar-refractivity contribution is -0.127. The number of hydrogen-bond acceptors (Lipinski definition) is 5. The Hall–Kier alpha value is -2.67. The second-order valence-electron chi connectivity index (χ2n) is 6.37. The average Bonchev–Trinajstić information content (AvgIpc) is 3.26. The fourth-order valence-corrected chi connectivity index (χ4v) is 3.39. The van der Waals surface area contributed by atoms with Crippen LogP contribution in [0.4, 0.5) is 0 Å². The summed E-state index contributed by atoms with van der Waals surface area (Å²) in [4.78, 5) is 25.3. The highest BCUT2D eigenvalue weighted by Gasteiger charge is 2.38. The summed E-state index contributed by atoms with van der Waals surface area (Å²) in [5, 5.41) is 6.98. The maximum atomic E-state index is 12.7. The largest absolute Gasteiger partial charge is 0.490 e. The van der Waals surface area contributed by atoms with Gasteiger partial charge < -0.3 is 14.8 Å². The summed E-state index contributed by atoms with van der Waals surface area (Å²) in [5.41, 5.74) is 1.38. The molecule has 3 heterocycles. The van der Waals surface area contributed by atoms with E-state index >= 15 is 0 Å². The highest BCUT2D eigenvalue weighted by atomic mass is 16.5. The van der Waals surface area contributed by atoms with Gasteiger partial charge in [-0.2, -0.15) is 5.10 Å². The fraction of sp³-hybridized carbons (Fsp3) is 0.389. The van der Waals surface area contributed by atoms with Gasteiger partial charge in [0.05, 0.1) is 23.8 Å². The van der Waals surface area contributed by atoms with Crippen molar-refractivity contribution in [2.24, 2.45) is 13.0 Å². The summed E-state index contributed by atoms with van der Waals surface area (Å²) in [6.07, 6.45) is 3.84. The maximum Gasteiger partial charge on any atom is 0.226 e. The summed E-state index contributed by atoms with van der Waals surface area (Å²) in [6.45, 7) is 0.655. The van der Waals surface area contributed by atoms with Crippen LogP contribution in [0.15, 0.2) is 36.7 Å². The lowest BCUT2D eigenvalue weighted by Crippen LogP contribution is -2.49. The number of carbonyl (C=O) groups is 2. The number of benzene rings is 1. The van der Waals surface area contributed by atoms with Crippen molar-refractivity contribution in [3.05, 3.63) is 47.8 Å². The number of rotatable bonds is 3. The number of hydrogen-bond donors (Lipinski definition) is 1. The standard InChI is InChI=1S/C18H19N3O4/c1-21-9-11(8-19-21)17-13(6-7-24-17)18(23)20-14-10-25-15-5-3-2-4-12(15)16(14)22/h2-5,8-9,13-14,17H,6-7,10H2,1H3,(H,20,23)/t13-,14?,17+/m0/s1. The van der Waals surface area contributed by atoms with Crippen LogP contribution in [0.5, 0.6) is 5.75 Å². The van der Waals surface area contributed by atoms with Crippen molar-refractivity contribution in [3.63, 3.8) is 0 Å². The Morgan fingerprint density at radius 1 is 1.36 bits per heavy atom. The van der Waals surface area contributed by atoms with Gasteiger partial charge in [0.1, 0.15) is 18.4 Å². The van der Waals surface area contributed by atoms with Crippen LogP contribution in [0.3, 0.4) is 0 Å². The van der Waals surface area contributed by atoms with Gasteiger partial charge in [-0.15, -0.1) is 0 Å². The van der Waals surface area contributed by atoms with E-state index in [1.165, 1.54) is 0 Å². The lowest BCUT2D eigenvalue weighted by Gasteiger charge is -2.26. The van der Waals surface area contributed by atoms with Crippen molar-refractivity contribution in [1.29, 1.82) is 0 Å². The van der Waals surface area contributed by atoms with Gasteiger partial charge in [0.15, 0.2) is 5.78 Å². The molecule has 0 bridgehead atoms. The number of amides is 1. The predicted molar refractivity (Wildman–Crippen MR) is 88.2 cm³/mol. The molecule has 2 aromatic rings. The smallest absolute Gasteiger partial charge is 0.226 e. The molecule has 1 fully saturated rings. The molecule has 0 radical (unpaired) electrons. The summed E-state index contributed by atoms with van der Waals surface area (Å²) in [5.74, 6) is -0.0793. The minimum atomic E-state index is -0.669. The monoisotopic (exact) mass is 341 g/mol. The van der Waals surface area contributed by atoms with Crippen LogP contribution in [0.1, 0.15) is 28.4 Å². The molecule has 7 heteroatoms. The van der Waals surface area contributed by atoms with Crippen LogP contribution >= 0.6 is 0 Å². The van der Waals surface area contributed by atoms with E-state index in [4.69, 9.17) is 9.47 Å². The van der Waals surface area contributed by atoms with Crippen molar-refractivity contribution < 1.29 is 19.1 Å². The fourth-order valence-electron chi connectivity index (χ4n) is 3.39. The van der Waals surface area contributed by atoms with E-state index in [0.29, 0.717) is 24.3 Å². The number of ether oxygens (including phenoxy) is 2. The molecule has 4 rings (SSSR count). The molecule has 7 nitrogen and oxygen atoms in total. The number of fused-ring (bicyclic) bond motifs is 1. The van der Waals surface area contributed by atoms with Gasteiger partial charge in [0.2, 0.25) is 5.91 Å². The Morgan fingerprint density at radius 2 is 2.20 bits per heavy atom. The molecule has 25 heavy (non-hydrogen) atoms. The highest BCUT2D eigenvalue weighted by Crippen LogP contribution is 2.34. The normalized spacial score (nSPS) is 25.3. The molecule has 130 valence electrons. The minimum absolute atomic E-state index is 0.118. The van der Waals surface area contributed by atoms with E-state index in [0.717, 1.165) is 5.56 Å². The van der Waals surface area contributed by atoms with Crippen LogP contribution < -0.4 is 10.1 Å². The van der Waals surface area contributed by atoms with Gasteiger partial charge in [0, 0.05) is 25.4 Å². The molecule has 2 aliphatic rings. The molecule has 1 N–H and O–H groups in total. The molecule has 0 spiro atoms. The third-order valence-electron chi connectivity index (χ3n) is 4.67. The summed E-state index contributed by atoms with van der Waals surface area (Å²) in [6, 6.07) is 6.41. The van der Waals surface area contributed by atoms with Crippen LogP contribution in [-0.4, -0.2) is 40.7 Å². The number of nitrogens with zero attached hydrogens (tertiary/aromatic N) is 2. The quantitative estimate of drug-likeness (QED) is 0.909. The van der Waals surface area contributed by atoms with E-state index < -0.39 is 6.04 Å². The number of nitrogens with one attached hydrogen (secondary N) is 1. The molecular formula is C18H19N3O4. The maximum absolute atomic E-state index is 12.7. The van der Waals surface area contributed by atoms with Crippen LogP contribution in [-0.2, 0) is 16.6 Å². The Morgan fingerprint density at radius 3 is 3.00 bits per heavy atom. The number of Topliss-reactive ketones (excluding diaryl/α,β-unsaturated/α-hetero) is 1. The van der Waals surface area contributed by atoms with Crippen molar-refractivity contribution >= 4 is 11.7 Å². The average molecular weight is 341 g/mol. The number of ketones is 1. The van der Waals surface area contributed by atoms with Gasteiger partial charge in [0.25, 0.3) is 0 Å². The topological polar surface area (TPSA) is 82.5 Å². The van der Waals surface area contributed by atoms with Gasteiger partial charge in [-0.25, -0.2) is 0 Å². The summed E-state index contributed by atoms with van der Waals surface area (Å²) >= 11 is 0. The second-order valence-corrected chi connectivity index (χ2v) is 6.37. The summed E-state index contributed by atoms with van der Waals surface area (Å²) < 4.78 is 13.0. The van der Waals surface area contributed by atoms with Crippen molar-refractivity contribution in [1.82, 2.24) is 15.1 Å². The molecule has 1 unspecified atom stereocenters. The zero-order valence-electron chi connectivity index (χ0n) is 13.8. The van der Waals surface area contributed by atoms with Crippen molar-refractivity contribution in [2.45, 2.75) is 18.6 Å². The third kappa shape index (κ3) is 2.91. The Balaban J connectivity index is 1.48. The Kier molecular flexibility index (Phi) is 4.01. The van der Waals surface area contributed by atoms with Crippen LogP contribution in [0.2, 0.25) is 0 Å². The highest BCUT2D eigenvalue weighted by molar-refractivity contribution is 6.05. The van der Waals surface area contributed by atoms with Gasteiger partial charge >= 0.3 is 0 Å². The van der Waals surface area contributed by atoms with Gasteiger partial charge in [-0.05, 0) is 18.6 Å². The first-order valence-corrected chi connectivity index (χ1v) is 8.30. The lowest BCUT2D eigenvalue weighted by atomic mass is 9.95. The van der Waals surface area contributed by atoms with Crippen LogP contribution in [0.25, 0.3) is 0 Å². The molecule has 0 saturated carbocycles. The summed E-state index contributed by atoms with van der Waals surface area (Å²) in [7, 11) is 1.82. The minimum Gasteiger partial charge on any atom is -0.490 e. The van der Waals surface area contributed by atoms with E-state index in [9.17, 15) is 9.59 Å². The van der Waals surface area contributed by atoms with Crippen molar-refractivity contribution in [3.8, 4) is 5.75 Å². The zero-order valence-corrected chi connectivity index (χ0v) is 13.8. The number of aryl methyl sites for hydroxylation is 1. The molecule has 1 amide bonds. The molecule has 1 aromatic carbocycles. The molecular weight excluding hydrogens is 322 g/mol.